The van der Waals surface area contributed by atoms with Crippen LogP contribution in [0.2, 0.25) is 0 Å². The van der Waals surface area contributed by atoms with E-state index in [1.165, 1.54) is 0 Å². The smallest absolute Gasteiger partial charge is 0.321 e. The molecule has 2 aliphatic rings. The van der Waals surface area contributed by atoms with Crippen molar-refractivity contribution in [3.63, 3.8) is 0 Å². The molecule has 0 saturated carbocycles. The number of ether oxygens (including phenoxy) is 3. The second-order valence-corrected chi connectivity index (χ2v) is 7.71. The summed E-state index contributed by atoms with van der Waals surface area (Å²) in [5, 5.41) is 11.7. The number of carbonyl (C=O) groups excluding carboxylic acids is 1. The topological polar surface area (TPSA) is 89.1 Å². The average Bonchev–Trinajstić information content (AvgIpc) is 3.33. The molecule has 1 aromatic heterocycles. The molecule has 2 amide bonds. The van der Waals surface area contributed by atoms with E-state index in [0.717, 1.165) is 22.8 Å². The van der Waals surface area contributed by atoms with Gasteiger partial charge in [-0.3, -0.25) is 0 Å². The van der Waals surface area contributed by atoms with Crippen LogP contribution in [-0.2, 0) is 0 Å². The van der Waals surface area contributed by atoms with Crippen LogP contribution >= 0.6 is 0 Å². The normalized spacial score (nSPS) is 14.8. The first-order valence-corrected chi connectivity index (χ1v) is 11.0. The Kier molecular flexibility index (Phi) is 5.84. The molecule has 0 radical (unpaired) electrons. The third-order valence-corrected chi connectivity index (χ3v) is 5.63. The van der Waals surface area contributed by atoms with Crippen molar-refractivity contribution >= 4 is 17.5 Å². The van der Waals surface area contributed by atoms with Crippen LogP contribution in [-0.4, -0.2) is 60.7 Å². The first kappa shape index (κ1) is 20.9. The molecule has 2 aliphatic heterocycles. The van der Waals surface area contributed by atoms with Crippen molar-refractivity contribution in [3.8, 4) is 28.5 Å². The summed E-state index contributed by atoms with van der Waals surface area (Å²) in [6.45, 7) is 5.37. The zero-order chi connectivity index (χ0) is 22.6. The molecule has 0 bridgehead atoms. The second-order valence-electron chi connectivity index (χ2n) is 7.71. The number of aromatic nitrogens is 2. The standard InChI is InChI=1S/C24H25N5O4/c1-2-31-19-6-3-17(4-7-19)20-8-10-23(27-26-20)28-11-13-29(14-12-28)24(30)25-18-5-9-21-22(15-18)33-16-32-21/h3-10,15H,2,11-14,16H2,1H3,(H,25,30). The van der Waals surface area contributed by atoms with E-state index in [-0.39, 0.29) is 12.8 Å². The van der Waals surface area contributed by atoms with E-state index in [2.05, 4.69) is 20.4 Å². The van der Waals surface area contributed by atoms with Crippen LogP contribution in [0.25, 0.3) is 11.3 Å². The predicted molar refractivity (Wildman–Crippen MR) is 124 cm³/mol. The Morgan fingerprint density at radius 3 is 2.48 bits per heavy atom. The molecule has 3 heterocycles. The van der Waals surface area contributed by atoms with Crippen molar-refractivity contribution < 1.29 is 19.0 Å². The number of hydrogen-bond acceptors (Lipinski definition) is 7. The van der Waals surface area contributed by atoms with Crippen LogP contribution in [0.1, 0.15) is 6.92 Å². The van der Waals surface area contributed by atoms with E-state index in [4.69, 9.17) is 14.2 Å². The molecular formula is C24H25N5O4. The summed E-state index contributed by atoms with van der Waals surface area (Å²) in [6, 6.07) is 17.0. The highest BCUT2D eigenvalue weighted by Crippen LogP contribution is 2.34. The molecule has 170 valence electrons. The molecule has 9 heteroatoms. The second kappa shape index (κ2) is 9.23. The fraction of sp³-hybridized carbons (Fsp3) is 0.292. The number of carbonyl (C=O) groups is 1. The van der Waals surface area contributed by atoms with E-state index < -0.39 is 0 Å². The lowest BCUT2D eigenvalue weighted by Gasteiger charge is -2.35. The fourth-order valence-corrected chi connectivity index (χ4v) is 3.85. The zero-order valence-electron chi connectivity index (χ0n) is 18.4. The lowest BCUT2D eigenvalue weighted by Crippen LogP contribution is -2.50. The first-order valence-electron chi connectivity index (χ1n) is 11.0. The number of piperazine rings is 1. The van der Waals surface area contributed by atoms with Crippen LogP contribution in [0.3, 0.4) is 0 Å². The Bertz CT molecular complexity index is 1110. The maximum Gasteiger partial charge on any atom is 0.321 e. The number of hydrogen-bond donors (Lipinski definition) is 1. The van der Waals surface area contributed by atoms with Crippen molar-refractivity contribution in [2.75, 3.05) is 49.8 Å². The van der Waals surface area contributed by atoms with Crippen molar-refractivity contribution in [1.82, 2.24) is 15.1 Å². The number of nitrogens with one attached hydrogen (secondary N) is 1. The molecule has 5 rings (SSSR count). The monoisotopic (exact) mass is 447 g/mol. The third-order valence-electron chi connectivity index (χ3n) is 5.63. The molecule has 1 saturated heterocycles. The Balaban J connectivity index is 1.15. The molecule has 0 spiro atoms. The fourth-order valence-electron chi connectivity index (χ4n) is 3.85. The summed E-state index contributed by atoms with van der Waals surface area (Å²) in [7, 11) is 0. The van der Waals surface area contributed by atoms with Gasteiger partial charge in [0.25, 0.3) is 0 Å². The van der Waals surface area contributed by atoms with Crippen LogP contribution in [0.15, 0.2) is 54.6 Å². The van der Waals surface area contributed by atoms with Gasteiger partial charge in [-0.05, 0) is 55.5 Å². The minimum atomic E-state index is -0.134. The van der Waals surface area contributed by atoms with Gasteiger partial charge in [0, 0.05) is 43.5 Å². The Labute approximate surface area is 191 Å². The van der Waals surface area contributed by atoms with Crippen molar-refractivity contribution in [2.24, 2.45) is 0 Å². The molecular weight excluding hydrogens is 422 g/mol. The number of amides is 2. The van der Waals surface area contributed by atoms with Crippen molar-refractivity contribution in [2.45, 2.75) is 6.92 Å². The SMILES string of the molecule is CCOc1ccc(-c2ccc(N3CCN(C(=O)Nc4ccc5c(c4)OCO5)CC3)nn2)cc1. The molecule has 0 unspecified atom stereocenters. The Hall–Kier alpha value is -4.01. The average molecular weight is 447 g/mol. The van der Waals surface area contributed by atoms with E-state index in [0.29, 0.717) is 50.0 Å². The third kappa shape index (κ3) is 4.62. The van der Waals surface area contributed by atoms with Gasteiger partial charge in [-0.1, -0.05) is 0 Å². The largest absolute Gasteiger partial charge is 0.494 e. The van der Waals surface area contributed by atoms with Crippen LogP contribution in [0, 0.1) is 0 Å². The van der Waals surface area contributed by atoms with E-state index in [1.807, 2.05) is 49.4 Å². The summed E-state index contributed by atoms with van der Waals surface area (Å²) in [5.74, 6) is 2.98. The number of rotatable bonds is 5. The van der Waals surface area contributed by atoms with Crippen LogP contribution in [0.4, 0.5) is 16.3 Å². The van der Waals surface area contributed by atoms with Gasteiger partial charge in [0.15, 0.2) is 17.3 Å². The first-order chi connectivity index (χ1) is 16.2. The highest BCUT2D eigenvalue weighted by molar-refractivity contribution is 5.90. The van der Waals surface area contributed by atoms with Crippen molar-refractivity contribution in [1.29, 1.82) is 0 Å². The molecule has 0 atom stereocenters. The zero-order valence-corrected chi connectivity index (χ0v) is 18.4. The summed E-state index contributed by atoms with van der Waals surface area (Å²) >= 11 is 0. The van der Waals surface area contributed by atoms with Gasteiger partial charge in [-0.15, -0.1) is 10.2 Å². The molecule has 3 aromatic rings. The maximum atomic E-state index is 12.7. The van der Waals surface area contributed by atoms with Gasteiger partial charge in [0.05, 0.1) is 12.3 Å². The molecule has 1 fully saturated rings. The summed E-state index contributed by atoms with van der Waals surface area (Å²) in [5.41, 5.74) is 2.48. The Morgan fingerprint density at radius 1 is 0.970 bits per heavy atom. The van der Waals surface area contributed by atoms with E-state index in [1.54, 1.807) is 17.0 Å². The van der Waals surface area contributed by atoms with Gasteiger partial charge >= 0.3 is 6.03 Å². The van der Waals surface area contributed by atoms with Gasteiger partial charge in [0.2, 0.25) is 6.79 Å². The van der Waals surface area contributed by atoms with Crippen LogP contribution < -0.4 is 24.4 Å². The highest BCUT2D eigenvalue weighted by Gasteiger charge is 2.23. The highest BCUT2D eigenvalue weighted by atomic mass is 16.7. The number of anilines is 2. The van der Waals surface area contributed by atoms with Gasteiger partial charge in [-0.2, -0.15) is 0 Å². The number of nitrogens with zero attached hydrogens (tertiary/aromatic N) is 4. The number of urea groups is 1. The summed E-state index contributed by atoms with van der Waals surface area (Å²) in [4.78, 5) is 16.6. The minimum absolute atomic E-state index is 0.134. The lowest BCUT2D eigenvalue weighted by atomic mass is 10.1. The van der Waals surface area contributed by atoms with E-state index in [9.17, 15) is 4.79 Å². The van der Waals surface area contributed by atoms with Gasteiger partial charge < -0.3 is 29.3 Å². The molecule has 0 aliphatic carbocycles. The molecule has 33 heavy (non-hydrogen) atoms. The molecule has 1 N–H and O–H groups in total. The predicted octanol–water partition coefficient (Wildman–Crippen LogP) is 3.63. The summed E-state index contributed by atoms with van der Waals surface area (Å²) < 4.78 is 16.2. The van der Waals surface area contributed by atoms with Gasteiger partial charge in [-0.25, -0.2) is 4.79 Å². The Morgan fingerprint density at radius 2 is 1.76 bits per heavy atom. The number of benzene rings is 2. The lowest BCUT2D eigenvalue weighted by molar-refractivity contribution is 0.174. The van der Waals surface area contributed by atoms with Crippen LogP contribution in [0.5, 0.6) is 17.2 Å². The minimum Gasteiger partial charge on any atom is -0.494 e. The number of fused-ring (bicyclic) bond motifs is 1. The molecule has 2 aromatic carbocycles. The maximum absolute atomic E-state index is 12.7. The van der Waals surface area contributed by atoms with E-state index >= 15 is 0 Å². The molecule has 9 nitrogen and oxygen atoms in total. The quantitative estimate of drug-likeness (QED) is 0.639. The van der Waals surface area contributed by atoms with Gasteiger partial charge in [0.1, 0.15) is 5.75 Å². The van der Waals surface area contributed by atoms with Crippen molar-refractivity contribution in [3.05, 3.63) is 54.6 Å². The summed E-state index contributed by atoms with van der Waals surface area (Å²) in [6.07, 6.45) is 0.